The second-order valence-corrected chi connectivity index (χ2v) is 10.1. The number of rotatable bonds is 4. The molecule has 0 aromatic heterocycles. The molecule has 0 unspecified atom stereocenters. The van der Waals surface area contributed by atoms with Crippen molar-refractivity contribution in [2.75, 3.05) is 18.8 Å². The summed E-state index contributed by atoms with van der Waals surface area (Å²) in [4.78, 5) is 14.6. The highest BCUT2D eigenvalue weighted by Crippen LogP contribution is 2.35. The Labute approximate surface area is 157 Å². The normalized spacial score (nSPS) is 27.2. The molecular weight excluding hydrogens is 348 g/mol. The summed E-state index contributed by atoms with van der Waals surface area (Å²) in [5.74, 6) is 0.408. The minimum atomic E-state index is -3.15. The Kier molecular flexibility index (Phi) is 5.61. The van der Waals surface area contributed by atoms with E-state index in [9.17, 15) is 13.2 Å². The van der Waals surface area contributed by atoms with Gasteiger partial charge in [0.05, 0.1) is 10.5 Å². The van der Waals surface area contributed by atoms with Crippen molar-refractivity contribution in [1.82, 2.24) is 10.2 Å². The summed E-state index contributed by atoms with van der Waals surface area (Å²) in [7, 11) is -3.15. The van der Waals surface area contributed by atoms with Gasteiger partial charge in [-0.3, -0.25) is 0 Å². The van der Waals surface area contributed by atoms with Crippen LogP contribution in [0.1, 0.15) is 57.4 Å². The molecule has 1 heterocycles. The van der Waals surface area contributed by atoms with Crippen molar-refractivity contribution < 1.29 is 13.2 Å². The maximum atomic E-state index is 12.9. The minimum Gasteiger partial charge on any atom is -0.335 e. The molecule has 0 radical (unpaired) electrons. The monoisotopic (exact) mass is 378 g/mol. The van der Waals surface area contributed by atoms with Crippen LogP contribution in [0, 0.1) is 0 Å². The van der Waals surface area contributed by atoms with Crippen LogP contribution in [0.3, 0.4) is 0 Å². The standard InChI is InChI=1S/C20H30N2O3S/c1-3-20(4-2)15-22(13-14-26(20,24)25)19(23)21-18-12-8-11-17(18)16-9-6-5-7-10-16/h5-7,9-10,17-18H,3-4,8,11-15H2,1-2H3,(H,21,23)/t17-,18+/m0/s1. The molecule has 1 aromatic rings. The molecule has 26 heavy (non-hydrogen) atoms. The first-order valence-corrected chi connectivity index (χ1v) is 11.4. The number of hydrogen-bond donors (Lipinski definition) is 1. The minimum absolute atomic E-state index is 0.0644. The first-order chi connectivity index (χ1) is 12.4. The smallest absolute Gasteiger partial charge is 0.317 e. The first kappa shape index (κ1) is 19.2. The highest BCUT2D eigenvalue weighted by atomic mass is 32.2. The number of benzene rings is 1. The van der Waals surface area contributed by atoms with Gasteiger partial charge in [-0.2, -0.15) is 0 Å². The third-order valence-electron chi connectivity index (χ3n) is 6.40. The molecule has 0 bridgehead atoms. The van der Waals surface area contributed by atoms with Crippen LogP contribution in [0.2, 0.25) is 0 Å². The number of carbonyl (C=O) groups is 1. The lowest BCUT2D eigenvalue weighted by atomic mass is 9.94. The van der Waals surface area contributed by atoms with Gasteiger partial charge in [0.25, 0.3) is 0 Å². The number of carbonyl (C=O) groups excluding carboxylic acids is 1. The van der Waals surface area contributed by atoms with E-state index in [1.54, 1.807) is 4.90 Å². The topological polar surface area (TPSA) is 66.5 Å². The number of nitrogens with zero attached hydrogens (tertiary/aromatic N) is 1. The average molecular weight is 379 g/mol. The van der Waals surface area contributed by atoms with Gasteiger partial charge in [0.2, 0.25) is 0 Å². The number of nitrogens with one attached hydrogen (secondary N) is 1. The summed E-state index contributed by atoms with van der Waals surface area (Å²) >= 11 is 0. The van der Waals surface area contributed by atoms with E-state index < -0.39 is 14.6 Å². The van der Waals surface area contributed by atoms with E-state index >= 15 is 0 Å². The van der Waals surface area contributed by atoms with E-state index in [2.05, 4.69) is 17.4 Å². The molecule has 2 fully saturated rings. The van der Waals surface area contributed by atoms with E-state index in [1.807, 2.05) is 32.0 Å². The molecule has 144 valence electrons. The van der Waals surface area contributed by atoms with E-state index in [-0.39, 0.29) is 17.8 Å². The van der Waals surface area contributed by atoms with Gasteiger partial charge >= 0.3 is 6.03 Å². The number of urea groups is 1. The predicted octanol–water partition coefficient (Wildman–Crippen LogP) is 3.32. The van der Waals surface area contributed by atoms with Gasteiger partial charge in [-0.05, 0) is 31.2 Å². The maximum Gasteiger partial charge on any atom is 0.317 e. The third-order valence-corrected chi connectivity index (χ3v) is 9.14. The van der Waals surface area contributed by atoms with Gasteiger partial charge in [0, 0.05) is 25.0 Å². The van der Waals surface area contributed by atoms with Gasteiger partial charge in [0.1, 0.15) is 0 Å². The van der Waals surface area contributed by atoms with Gasteiger partial charge in [-0.25, -0.2) is 13.2 Å². The van der Waals surface area contributed by atoms with E-state index in [0.717, 1.165) is 19.3 Å². The van der Waals surface area contributed by atoms with Crippen LogP contribution in [-0.2, 0) is 9.84 Å². The van der Waals surface area contributed by atoms with E-state index in [0.29, 0.717) is 31.8 Å². The summed E-state index contributed by atoms with van der Waals surface area (Å²) in [5, 5.41) is 3.20. The van der Waals surface area contributed by atoms with Crippen molar-refractivity contribution in [3.8, 4) is 0 Å². The fraction of sp³-hybridized carbons (Fsp3) is 0.650. The highest BCUT2D eigenvalue weighted by Gasteiger charge is 2.46. The van der Waals surface area contributed by atoms with E-state index in [4.69, 9.17) is 0 Å². The summed E-state index contributed by atoms with van der Waals surface area (Å²) < 4.78 is 24.3. The van der Waals surface area contributed by atoms with Gasteiger partial charge in [-0.1, -0.05) is 50.6 Å². The predicted molar refractivity (Wildman–Crippen MR) is 104 cm³/mol. The van der Waals surface area contributed by atoms with Gasteiger partial charge in [-0.15, -0.1) is 0 Å². The van der Waals surface area contributed by atoms with Gasteiger partial charge in [0.15, 0.2) is 9.84 Å². The molecule has 5 nitrogen and oxygen atoms in total. The van der Waals surface area contributed by atoms with Crippen molar-refractivity contribution >= 4 is 15.9 Å². The Bertz CT molecular complexity index is 729. The van der Waals surface area contributed by atoms with Crippen LogP contribution < -0.4 is 5.32 Å². The highest BCUT2D eigenvalue weighted by molar-refractivity contribution is 7.92. The summed E-state index contributed by atoms with van der Waals surface area (Å²) in [6.45, 7) is 4.41. The lowest BCUT2D eigenvalue weighted by Crippen LogP contribution is -2.59. The molecule has 1 N–H and O–H groups in total. The molecule has 1 saturated carbocycles. The van der Waals surface area contributed by atoms with Crippen LogP contribution in [0.5, 0.6) is 0 Å². The Morgan fingerprint density at radius 2 is 1.88 bits per heavy atom. The van der Waals surface area contributed by atoms with Crippen molar-refractivity contribution in [3.05, 3.63) is 35.9 Å². The van der Waals surface area contributed by atoms with Crippen molar-refractivity contribution in [2.45, 2.75) is 62.7 Å². The van der Waals surface area contributed by atoms with Gasteiger partial charge < -0.3 is 10.2 Å². The molecule has 1 aromatic carbocycles. The summed E-state index contributed by atoms with van der Waals surface area (Å²) in [6, 6.07) is 10.4. The zero-order valence-corrected chi connectivity index (χ0v) is 16.6. The Balaban J connectivity index is 1.70. The third kappa shape index (κ3) is 3.48. The van der Waals surface area contributed by atoms with Crippen molar-refractivity contribution in [2.24, 2.45) is 0 Å². The maximum absolute atomic E-state index is 12.9. The number of amides is 2. The van der Waals surface area contributed by atoms with Crippen LogP contribution in [-0.4, -0.2) is 49.0 Å². The Morgan fingerprint density at radius 3 is 2.54 bits per heavy atom. The van der Waals surface area contributed by atoms with Crippen molar-refractivity contribution in [1.29, 1.82) is 0 Å². The molecule has 1 saturated heterocycles. The molecule has 0 spiro atoms. The summed E-state index contributed by atoms with van der Waals surface area (Å²) in [6.07, 6.45) is 4.26. The average Bonchev–Trinajstić information content (AvgIpc) is 3.10. The molecule has 1 aliphatic carbocycles. The van der Waals surface area contributed by atoms with Crippen LogP contribution >= 0.6 is 0 Å². The fourth-order valence-corrected chi connectivity index (χ4v) is 6.67. The second kappa shape index (κ2) is 7.59. The summed E-state index contributed by atoms with van der Waals surface area (Å²) in [5.41, 5.74) is 1.27. The molecule has 3 rings (SSSR count). The van der Waals surface area contributed by atoms with Crippen LogP contribution in [0.4, 0.5) is 4.79 Å². The lowest BCUT2D eigenvalue weighted by Gasteiger charge is -2.41. The zero-order valence-electron chi connectivity index (χ0n) is 15.8. The Morgan fingerprint density at radius 1 is 1.19 bits per heavy atom. The van der Waals surface area contributed by atoms with Crippen molar-refractivity contribution in [3.63, 3.8) is 0 Å². The second-order valence-electron chi connectivity index (χ2n) is 7.63. The first-order valence-electron chi connectivity index (χ1n) is 9.75. The van der Waals surface area contributed by atoms with E-state index in [1.165, 1.54) is 5.56 Å². The zero-order chi connectivity index (χ0) is 18.8. The largest absolute Gasteiger partial charge is 0.335 e. The SMILES string of the molecule is CCC1(CC)CN(C(=O)N[C@@H]2CCC[C@H]2c2ccccc2)CCS1(=O)=O. The molecule has 1 aliphatic heterocycles. The molecule has 2 aliphatic rings. The number of hydrogen-bond acceptors (Lipinski definition) is 3. The quantitative estimate of drug-likeness (QED) is 0.874. The lowest BCUT2D eigenvalue weighted by molar-refractivity contribution is 0.183. The number of sulfone groups is 1. The fourth-order valence-electron chi connectivity index (χ4n) is 4.54. The van der Waals surface area contributed by atoms with Crippen LogP contribution in [0.25, 0.3) is 0 Å². The molecule has 6 heteroatoms. The molecular formula is C20H30N2O3S. The molecule has 2 atom stereocenters. The molecule has 2 amide bonds. The Hall–Kier alpha value is -1.56. The van der Waals surface area contributed by atoms with Crippen LogP contribution in [0.15, 0.2) is 30.3 Å².